The maximum atomic E-state index is 12.4. The molecule has 2 aromatic rings. The summed E-state index contributed by atoms with van der Waals surface area (Å²) in [5.41, 5.74) is 0.719. The van der Waals surface area contributed by atoms with Crippen LogP contribution in [0, 0.1) is 11.8 Å². The average Bonchev–Trinajstić information content (AvgIpc) is 3.26. The number of benzene rings is 1. The fourth-order valence-corrected chi connectivity index (χ4v) is 3.85. The monoisotopic (exact) mass is 445 g/mol. The SMILES string of the molecule is O=C(CN1C(=O)C2CC=CCC2C1=O)OCc1nnc(-c2ccccc2Br)o1. The normalized spacial score (nSPS) is 21.1. The molecule has 2 atom stereocenters. The molecule has 28 heavy (non-hydrogen) atoms. The Kier molecular flexibility index (Phi) is 5.08. The molecule has 1 fully saturated rings. The first kappa shape index (κ1) is 18.5. The average molecular weight is 446 g/mol. The quantitative estimate of drug-likeness (QED) is 0.395. The van der Waals surface area contributed by atoms with Gasteiger partial charge in [0.25, 0.3) is 5.89 Å². The van der Waals surface area contributed by atoms with Gasteiger partial charge in [0, 0.05) is 4.47 Å². The number of ether oxygens (including phenoxy) is 1. The van der Waals surface area contributed by atoms with E-state index in [4.69, 9.17) is 9.15 Å². The summed E-state index contributed by atoms with van der Waals surface area (Å²) in [7, 11) is 0. The Morgan fingerprint density at radius 3 is 2.50 bits per heavy atom. The van der Waals surface area contributed by atoms with Crippen molar-refractivity contribution in [2.24, 2.45) is 11.8 Å². The number of fused-ring (bicyclic) bond motifs is 1. The molecule has 0 N–H and O–H groups in total. The van der Waals surface area contributed by atoms with Crippen LogP contribution in [0.2, 0.25) is 0 Å². The lowest BCUT2D eigenvalue weighted by atomic mass is 9.85. The summed E-state index contributed by atoms with van der Waals surface area (Å²) >= 11 is 3.40. The van der Waals surface area contributed by atoms with Crippen LogP contribution < -0.4 is 0 Å². The first-order chi connectivity index (χ1) is 13.5. The van der Waals surface area contributed by atoms with Crippen molar-refractivity contribution in [1.82, 2.24) is 15.1 Å². The van der Waals surface area contributed by atoms with Crippen molar-refractivity contribution in [2.75, 3.05) is 6.54 Å². The third kappa shape index (κ3) is 3.49. The number of amides is 2. The first-order valence-corrected chi connectivity index (χ1v) is 9.57. The van der Waals surface area contributed by atoms with Crippen LogP contribution in [0.4, 0.5) is 0 Å². The second-order valence-corrected chi connectivity index (χ2v) is 7.41. The summed E-state index contributed by atoms with van der Waals surface area (Å²) in [4.78, 5) is 37.9. The maximum Gasteiger partial charge on any atom is 0.326 e. The molecule has 144 valence electrons. The lowest BCUT2D eigenvalue weighted by Crippen LogP contribution is -2.36. The van der Waals surface area contributed by atoms with E-state index in [0.717, 1.165) is 14.9 Å². The zero-order chi connectivity index (χ0) is 19.7. The topological polar surface area (TPSA) is 103 Å². The van der Waals surface area contributed by atoms with E-state index >= 15 is 0 Å². The molecule has 1 saturated heterocycles. The number of esters is 1. The van der Waals surface area contributed by atoms with Crippen LogP contribution in [0.3, 0.4) is 0 Å². The van der Waals surface area contributed by atoms with E-state index in [-0.39, 0.29) is 36.1 Å². The van der Waals surface area contributed by atoms with E-state index in [9.17, 15) is 14.4 Å². The smallest absolute Gasteiger partial charge is 0.326 e. The Balaban J connectivity index is 1.35. The minimum absolute atomic E-state index is 0.121. The van der Waals surface area contributed by atoms with Gasteiger partial charge in [-0.05, 0) is 40.9 Å². The predicted molar refractivity (Wildman–Crippen MR) is 99.3 cm³/mol. The number of hydrogen-bond acceptors (Lipinski definition) is 7. The Morgan fingerprint density at radius 1 is 1.14 bits per heavy atom. The number of allylic oxidation sites excluding steroid dienone is 2. The molecule has 2 unspecified atom stereocenters. The van der Waals surface area contributed by atoms with E-state index in [1.165, 1.54) is 0 Å². The van der Waals surface area contributed by atoms with Gasteiger partial charge in [-0.1, -0.05) is 24.3 Å². The van der Waals surface area contributed by atoms with Gasteiger partial charge in [0.1, 0.15) is 6.54 Å². The molecule has 2 aliphatic rings. The molecule has 8 nitrogen and oxygen atoms in total. The van der Waals surface area contributed by atoms with Crippen molar-refractivity contribution in [3.05, 3.63) is 46.8 Å². The van der Waals surface area contributed by atoms with Crippen LogP contribution >= 0.6 is 15.9 Å². The molecule has 1 aliphatic heterocycles. The Hall–Kier alpha value is -2.81. The highest BCUT2D eigenvalue weighted by Gasteiger charge is 2.47. The largest absolute Gasteiger partial charge is 0.454 e. The molecule has 0 saturated carbocycles. The summed E-state index contributed by atoms with van der Waals surface area (Å²) in [5, 5.41) is 7.79. The van der Waals surface area contributed by atoms with Crippen LogP contribution in [0.15, 0.2) is 45.3 Å². The molecule has 2 amide bonds. The first-order valence-electron chi connectivity index (χ1n) is 8.77. The van der Waals surface area contributed by atoms with Crippen molar-refractivity contribution in [1.29, 1.82) is 0 Å². The molecule has 1 aromatic heterocycles. The molecular weight excluding hydrogens is 430 g/mol. The van der Waals surface area contributed by atoms with Gasteiger partial charge in [0.2, 0.25) is 17.7 Å². The van der Waals surface area contributed by atoms with Gasteiger partial charge in [0.15, 0.2) is 6.61 Å². The van der Waals surface area contributed by atoms with Crippen LogP contribution in [0.25, 0.3) is 11.5 Å². The molecule has 0 bridgehead atoms. The summed E-state index contributed by atoms with van der Waals surface area (Å²) in [5.74, 6) is -1.65. The van der Waals surface area contributed by atoms with Crippen LogP contribution in [0.5, 0.6) is 0 Å². The van der Waals surface area contributed by atoms with E-state index < -0.39 is 12.5 Å². The number of rotatable bonds is 5. The lowest BCUT2D eigenvalue weighted by Gasteiger charge is -2.14. The molecule has 2 heterocycles. The summed E-state index contributed by atoms with van der Waals surface area (Å²) in [6.45, 7) is -0.642. The van der Waals surface area contributed by atoms with Gasteiger partial charge in [-0.15, -0.1) is 10.2 Å². The summed E-state index contributed by atoms with van der Waals surface area (Å²) in [6.07, 6.45) is 4.85. The van der Waals surface area contributed by atoms with Gasteiger partial charge >= 0.3 is 5.97 Å². The van der Waals surface area contributed by atoms with Crippen LogP contribution in [-0.4, -0.2) is 39.4 Å². The van der Waals surface area contributed by atoms with E-state index in [0.29, 0.717) is 18.7 Å². The second-order valence-electron chi connectivity index (χ2n) is 6.56. The van der Waals surface area contributed by atoms with Gasteiger partial charge in [-0.25, -0.2) is 0 Å². The highest BCUT2D eigenvalue weighted by Crippen LogP contribution is 2.35. The third-order valence-electron chi connectivity index (χ3n) is 4.81. The third-order valence-corrected chi connectivity index (χ3v) is 5.51. The number of aromatic nitrogens is 2. The van der Waals surface area contributed by atoms with Crippen molar-refractivity contribution >= 4 is 33.7 Å². The maximum absolute atomic E-state index is 12.4. The van der Waals surface area contributed by atoms with Crippen molar-refractivity contribution in [2.45, 2.75) is 19.4 Å². The zero-order valence-electron chi connectivity index (χ0n) is 14.7. The number of carbonyl (C=O) groups excluding carboxylic acids is 3. The fourth-order valence-electron chi connectivity index (χ4n) is 3.40. The molecule has 4 rings (SSSR count). The van der Waals surface area contributed by atoms with Crippen LogP contribution in [-0.2, 0) is 25.7 Å². The van der Waals surface area contributed by atoms with Crippen molar-refractivity contribution < 1.29 is 23.5 Å². The minimum Gasteiger partial charge on any atom is -0.454 e. The number of hydrogen-bond donors (Lipinski definition) is 0. The highest BCUT2D eigenvalue weighted by atomic mass is 79.9. The molecular formula is C19H16BrN3O5. The molecule has 0 spiro atoms. The summed E-state index contributed by atoms with van der Waals surface area (Å²) in [6, 6.07) is 7.35. The molecule has 1 aliphatic carbocycles. The zero-order valence-corrected chi connectivity index (χ0v) is 16.3. The standard InChI is InChI=1S/C19H16BrN3O5/c20-14-8-4-3-7-13(14)17-22-21-15(28-17)10-27-16(24)9-23-18(25)11-5-1-2-6-12(11)19(23)26/h1-4,7-8,11-12H,5-6,9-10H2. The van der Waals surface area contributed by atoms with Gasteiger partial charge in [0.05, 0.1) is 17.4 Å². The number of halogens is 1. The number of imide groups is 1. The fraction of sp³-hybridized carbons (Fsp3) is 0.316. The lowest BCUT2D eigenvalue weighted by molar-refractivity contribution is -0.154. The molecule has 1 aromatic carbocycles. The Bertz CT molecular complexity index is 944. The number of carbonyl (C=O) groups is 3. The predicted octanol–water partition coefficient (Wildman–Crippen LogP) is 2.49. The second kappa shape index (κ2) is 7.67. The van der Waals surface area contributed by atoms with E-state index in [1.54, 1.807) is 0 Å². The van der Waals surface area contributed by atoms with Crippen LogP contribution in [0.1, 0.15) is 18.7 Å². The highest BCUT2D eigenvalue weighted by molar-refractivity contribution is 9.10. The van der Waals surface area contributed by atoms with Gasteiger partial charge in [-0.3, -0.25) is 19.3 Å². The Labute approximate surface area is 168 Å². The Morgan fingerprint density at radius 2 is 1.82 bits per heavy atom. The number of nitrogens with zero attached hydrogens (tertiary/aromatic N) is 3. The number of likely N-dealkylation sites (tertiary alicyclic amines) is 1. The van der Waals surface area contributed by atoms with Crippen molar-refractivity contribution in [3.8, 4) is 11.5 Å². The minimum atomic E-state index is -0.700. The van der Waals surface area contributed by atoms with E-state index in [1.807, 2.05) is 36.4 Å². The molecule has 0 radical (unpaired) electrons. The van der Waals surface area contributed by atoms with Crippen molar-refractivity contribution in [3.63, 3.8) is 0 Å². The van der Waals surface area contributed by atoms with Gasteiger partial charge < -0.3 is 9.15 Å². The van der Waals surface area contributed by atoms with E-state index in [2.05, 4.69) is 26.1 Å². The summed E-state index contributed by atoms with van der Waals surface area (Å²) < 4.78 is 11.4. The molecule has 9 heteroatoms. The van der Waals surface area contributed by atoms with Gasteiger partial charge in [-0.2, -0.15) is 0 Å².